The van der Waals surface area contributed by atoms with Gasteiger partial charge in [-0.1, -0.05) is 48.2 Å². The lowest BCUT2D eigenvalue weighted by molar-refractivity contribution is 0.952. The summed E-state index contributed by atoms with van der Waals surface area (Å²) in [4.78, 5) is 14.6. The molecule has 0 aliphatic heterocycles. The molecule has 0 saturated carbocycles. The molecule has 6 heteroatoms. The molecule has 6 rings (SSSR count). The molecule has 0 radical (unpaired) electrons. The van der Waals surface area contributed by atoms with Gasteiger partial charge in [-0.3, -0.25) is 4.40 Å². The zero-order valence-electron chi connectivity index (χ0n) is 14.7. The van der Waals surface area contributed by atoms with Crippen LogP contribution in [0.2, 0.25) is 0 Å². The van der Waals surface area contributed by atoms with Crippen LogP contribution in [0.4, 0.5) is 0 Å². The van der Waals surface area contributed by atoms with Crippen molar-refractivity contribution in [3.8, 4) is 0 Å². The molecule has 0 bridgehead atoms. The molecule has 0 spiro atoms. The van der Waals surface area contributed by atoms with Crippen molar-refractivity contribution in [3.63, 3.8) is 0 Å². The number of imidazole rings is 1. The van der Waals surface area contributed by atoms with Crippen molar-refractivity contribution in [1.82, 2.24) is 19.4 Å². The number of benzene rings is 3. The standard InChI is InChI=1S/C22H14N4S2/c1-2-8-15-14(7-1)21-24-16-9-3-5-11-18(16)26(21)22(25-15)27-13-20-23-17-10-4-6-12-19(17)28-20/h1-12H,13H2. The fourth-order valence-electron chi connectivity index (χ4n) is 3.52. The third kappa shape index (κ3) is 2.49. The lowest BCUT2D eigenvalue weighted by atomic mass is 10.2. The molecule has 0 N–H and O–H groups in total. The summed E-state index contributed by atoms with van der Waals surface area (Å²) in [6.45, 7) is 0. The molecular weight excluding hydrogens is 384 g/mol. The van der Waals surface area contributed by atoms with Gasteiger partial charge >= 0.3 is 0 Å². The molecule has 4 nitrogen and oxygen atoms in total. The van der Waals surface area contributed by atoms with Crippen LogP contribution >= 0.6 is 23.1 Å². The van der Waals surface area contributed by atoms with E-state index < -0.39 is 0 Å². The number of hydrogen-bond acceptors (Lipinski definition) is 5. The predicted octanol–water partition coefficient (Wildman–Crippen LogP) is 5.94. The Balaban J connectivity index is 1.52. The summed E-state index contributed by atoms with van der Waals surface area (Å²) in [5, 5.41) is 3.13. The third-order valence-electron chi connectivity index (χ3n) is 4.78. The fourth-order valence-corrected chi connectivity index (χ4v) is 5.49. The van der Waals surface area contributed by atoms with Crippen LogP contribution in [-0.2, 0) is 5.75 Å². The summed E-state index contributed by atoms with van der Waals surface area (Å²) in [5.74, 6) is 0.784. The van der Waals surface area contributed by atoms with Crippen molar-refractivity contribution in [2.24, 2.45) is 0 Å². The van der Waals surface area contributed by atoms with Crippen LogP contribution in [0.3, 0.4) is 0 Å². The van der Waals surface area contributed by atoms with Gasteiger partial charge < -0.3 is 0 Å². The van der Waals surface area contributed by atoms with Gasteiger partial charge in [0.1, 0.15) is 10.7 Å². The van der Waals surface area contributed by atoms with Crippen LogP contribution in [0.15, 0.2) is 78.0 Å². The molecule has 0 amide bonds. The highest BCUT2D eigenvalue weighted by Gasteiger charge is 2.14. The van der Waals surface area contributed by atoms with E-state index >= 15 is 0 Å². The highest BCUT2D eigenvalue weighted by Crippen LogP contribution is 2.32. The second-order valence-corrected chi connectivity index (χ2v) is 8.59. The number of thiazole rings is 1. The van der Waals surface area contributed by atoms with Gasteiger partial charge in [0.2, 0.25) is 0 Å². The molecule has 0 fully saturated rings. The van der Waals surface area contributed by atoms with Gasteiger partial charge in [0.05, 0.1) is 32.5 Å². The Morgan fingerprint density at radius 3 is 2.39 bits per heavy atom. The van der Waals surface area contributed by atoms with Crippen molar-refractivity contribution in [3.05, 3.63) is 77.8 Å². The second kappa shape index (κ2) is 6.29. The third-order valence-corrected chi connectivity index (χ3v) is 6.94. The van der Waals surface area contributed by atoms with Gasteiger partial charge in [0, 0.05) is 5.39 Å². The molecule has 0 unspecified atom stereocenters. The van der Waals surface area contributed by atoms with Gasteiger partial charge in [0.25, 0.3) is 0 Å². The minimum absolute atomic E-state index is 0.784. The van der Waals surface area contributed by atoms with Gasteiger partial charge in [-0.05, 0) is 36.4 Å². The highest BCUT2D eigenvalue weighted by atomic mass is 32.2. The molecule has 0 atom stereocenters. The first kappa shape index (κ1) is 16.0. The Labute approximate surface area is 168 Å². The van der Waals surface area contributed by atoms with Crippen molar-refractivity contribution in [2.45, 2.75) is 10.9 Å². The summed E-state index contributed by atoms with van der Waals surface area (Å²) in [5.41, 5.74) is 5.06. The molecule has 3 heterocycles. The van der Waals surface area contributed by atoms with E-state index in [4.69, 9.17) is 15.0 Å². The van der Waals surface area contributed by atoms with E-state index in [9.17, 15) is 0 Å². The number of fused-ring (bicyclic) bond motifs is 6. The maximum absolute atomic E-state index is 4.96. The van der Waals surface area contributed by atoms with Crippen LogP contribution < -0.4 is 0 Å². The summed E-state index contributed by atoms with van der Waals surface area (Å²) in [7, 11) is 0. The average molecular weight is 399 g/mol. The van der Waals surface area contributed by atoms with E-state index in [0.717, 1.165) is 49.0 Å². The smallest absolute Gasteiger partial charge is 0.175 e. The largest absolute Gasteiger partial charge is 0.271 e. The van der Waals surface area contributed by atoms with Crippen LogP contribution in [0.1, 0.15) is 5.01 Å². The molecule has 0 saturated heterocycles. The van der Waals surface area contributed by atoms with Crippen molar-refractivity contribution in [1.29, 1.82) is 0 Å². The fraction of sp³-hybridized carbons (Fsp3) is 0.0455. The summed E-state index contributed by atoms with van der Waals surface area (Å²) in [6, 6.07) is 24.7. The predicted molar refractivity (Wildman–Crippen MR) is 117 cm³/mol. The average Bonchev–Trinajstić information content (AvgIpc) is 3.33. The normalized spacial score (nSPS) is 11.9. The quantitative estimate of drug-likeness (QED) is 0.273. The Morgan fingerprint density at radius 1 is 0.750 bits per heavy atom. The van der Waals surface area contributed by atoms with Crippen molar-refractivity contribution >= 4 is 60.9 Å². The molecule has 134 valence electrons. The van der Waals surface area contributed by atoms with Gasteiger partial charge in [0.15, 0.2) is 5.16 Å². The Kier molecular flexibility index (Phi) is 3.60. The van der Waals surface area contributed by atoms with Gasteiger partial charge in [-0.25, -0.2) is 15.0 Å². The lowest BCUT2D eigenvalue weighted by Crippen LogP contribution is -1.96. The van der Waals surface area contributed by atoms with E-state index in [1.54, 1.807) is 23.1 Å². The molecule has 3 aromatic heterocycles. The Bertz CT molecular complexity index is 1450. The zero-order valence-corrected chi connectivity index (χ0v) is 16.4. The van der Waals surface area contributed by atoms with Crippen LogP contribution in [-0.4, -0.2) is 19.4 Å². The lowest BCUT2D eigenvalue weighted by Gasteiger charge is -2.07. The molecule has 28 heavy (non-hydrogen) atoms. The molecule has 0 aliphatic carbocycles. The van der Waals surface area contributed by atoms with Crippen LogP contribution in [0, 0.1) is 0 Å². The van der Waals surface area contributed by atoms with E-state index in [-0.39, 0.29) is 0 Å². The van der Waals surface area contributed by atoms with Gasteiger partial charge in [-0.2, -0.15) is 0 Å². The van der Waals surface area contributed by atoms with E-state index in [2.05, 4.69) is 46.9 Å². The number of nitrogens with zero attached hydrogens (tertiary/aromatic N) is 4. The molecule has 3 aromatic carbocycles. The Hall–Kier alpha value is -2.96. The van der Waals surface area contributed by atoms with E-state index in [1.807, 2.05) is 30.3 Å². The monoisotopic (exact) mass is 398 g/mol. The maximum atomic E-state index is 4.96. The number of para-hydroxylation sites is 4. The van der Waals surface area contributed by atoms with Crippen molar-refractivity contribution < 1.29 is 0 Å². The Morgan fingerprint density at radius 2 is 1.50 bits per heavy atom. The topological polar surface area (TPSA) is 43.1 Å². The van der Waals surface area contributed by atoms with Crippen LogP contribution in [0.5, 0.6) is 0 Å². The number of thioether (sulfide) groups is 1. The number of rotatable bonds is 3. The SMILES string of the molecule is c1ccc2sc(CSc3nc4ccccc4c4nc5ccccc5n34)nc2c1. The first-order valence-electron chi connectivity index (χ1n) is 9.00. The molecular formula is C22H14N4S2. The van der Waals surface area contributed by atoms with Crippen LogP contribution in [0.25, 0.3) is 37.8 Å². The van der Waals surface area contributed by atoms with Gasteiger partial charge in [-0.15, -0.1) is 11.3 Å². The maximum Gasteiger partial charge on any atom is 0.175 e. The minimum atomic E-state index is 0.784. The van der Waals surface area contributed by atoms with Crippen molar-refractivity contribution in [2.75, 3.05) is 0 Å². The first-order chi connectivity index (χ1) is 13.9. The van der Waals surface area contributed by atoms with E-state index in [0.29, 0.717) is 0 Å². The van der Waals surface area contributed by atoms with E-state index in [1.165, 1.54) is 4.70 Å². The summed E-state index contributed by atoms with van der Waals surface area (Å²) >= 11 is 3.46. The molecule has 6 aromatic rings. The number of hydrogen-bond donors (Lipinski definition) is 0. The minimum Gasteiger partial charge on any atom is -0.271 e. The zero-order chi connectivity index (χ0) is 18.5. The summed E-state index contributed by atoms with van der Waals surface area (Å²) in [6.07, 6.45) is 0. The highest BCUT2D eigenvalue weighted by molar-refractivity contribution is 7.98. The summed E-state index contributed by atoms with van der Waals surface area (Å²) < 4.78 is 3.40. The number of aromatic nitrogens is 4. The second-order valence-electron chi connectivity index (χ2n) is 6.54. The first-order valence-corrected chi connectivity index (χ1v) is 10.8. The molecule has 0 aliphatic rings.